The molecule has 1 N–H and O–H groups in total. The van der Waals surface area contributed by atoms with Gasteiger partial charge in [-0.3, -0.25) is 9.69 Å². The van der Waals surface area contributed by atoms with E-state index in [4.69, 9.17) is 21.1 Å². The van der Waals surface area contributed by atoms with E-state index in [1.165, 1.54) is 0 Å². The van der Waals surface area contributed by atoms with E-state index in [-0.39, 0.29) is 18.4 Å². The van der Waals surface area contributed by atoms with E-state index in [2.05, 4.69) is 5.32 Å². The maximum atomic E-state index is 13.4. The molecule has 0 unspecified atom stereocenters. The Hall–Kier alpha value is -3.71. The number of rotatable bonds is 8. The minimum absolute atomic E-state index is 0.118. The van der Waals surface area contributed by atoms with Crippen LogP contribution in [0.2, 0.25) is 5.02 Å². The second-order valence-electron chi connectivity index (χ2n) is 8.30. The molecular formula is C27H28ClN3O4. The van der Waals surface area contributed by atoms with E-state index < -0.39 is 0 Å². The first kappa shape index (κ1) is 24.4. The van der Waals surface area contributed by atoms with E-state index in [0.717, 1.165) is 23.3 Å². The van der Waals surface area contributed by atoms with Gasteiger partial charge in [0.2, 0.25) is 5.91 Å². The summed E-state index contributed by atoms with van der Waals surface area (Å²) in [6.07, 6.45) is 0.993. The van der Waals surface area contributed by atoms with Gasteiger partial charge in [0.25, 0.3) is 0 Å². The Kier molecular flexibility index (Phi) is 7.77. The fourth-order valence-electron chi connectivity index (χ4n) is 4.11. The number of anilines is 2. The lowest BCUT2D eigenvalue weighted by Gasteiger charge is -2.36. The van der Waals surface area contributed by atoms with Crippen molar-refractivity contribution >= 4 is 34.9 Å². The van der Waals surface area contributed by atoms with E-state index in [0.29, 0.717) is 41.8 Å². The van der Waals surface area contributed by atoms with Crippen molar-refractivity contribution in [1.82, 2.24) is 4.90 Å². The predicted molar refractivity (Wildman–Crippen MR) is 138 cm³/mol. The molecule has 3 aromatic rings. The van der Waals surface area contributed by atoms with Crippen LogP contribution in [0.25, 0.3) is 0 Å². The zero-order valence-corrected chi connectivity index (χ0v) is 20.5. The third-order valence-corrected chi connectivity index (χ3v) is 6.10. The molecule has 0 aromatic heterocycles. The number of nitrogens with zero attached hydrogens (tertiary/aromatic N) is 2. The molecule has 4 rings (SSSR count). The normalized spacial score (nSPS) is 13.5. The molecule has 7 nitrogen and oxygen atoms in total. The van der Waals surface area contributed by atoms with Gasteiger partial charge in [0.05, 0.1) is 32.0 Å². The highest BCUT2D eigenvalue weighted by Gasteiger charge is 2.29. The van der Waals surface area contributed by atoms with Crippen LogP contribution in [0.15, 0.2) is 66.7 Å². The quantitative estimate of drug-likeness (QED) is 0.458. The summed E-state index contributed by atoms with van der Waals surface area (Å²) in [5, 5.41) is 3.61. The molecule has 0 aliphatic carbocycles. The summed E-state index contributed by atoms with van der Waals surface area (Å²) in [5.41, 5.74) is 2.99. The number of carbonyl (C=O) groups excluding carboxylic acids is 2. The Balaban J connectivity index is 1.53. The van der Waals surface area contributed by atoms with Crippen LogP contribution in [0.5, 0.6) is 11.5 Å². The summed E-state index contributed by atoms with van der Waals surface area (Å²) in [4.78, 5) is 29.8. The molecule has 8 heteroatoms. The van der Waals surface area contributed by atoms with Gasteiger partial charge < -0.3 is 19.7 Å². The monoisotopic (exact) mass is 493 g/mol. The molecule has 1 saturated heterocycles. The maximum Gasteiger partial charge on any atom is 0.324 e. The molecule has 0 spiro atoms. The van der Waals surface area contributed by atoms with Gasteiger partial charge in [-0.05, 0) is 53.9 Å². The highest BCUT2D eigenvalue weighted by molar-refractivity contribution is 6.30. The Bertz CT molecular complexity index is 1200. The molecule has 1 aliphatic heterocycles. The SMILES string of the molecule is COc1ccc(CC(=O)Nc2cc(OC)ccc2N2CCCN(Cc3cccc(Cl)c3)C2=O)cc1. The Labute approximate surface area is 210 Å². The summed E-state index contributed by atoms with van der Waals surface area (Å²) < 4.78 is 10.5. The van der Waals surface area contributed by atoms with Crippen molar-refractivity contribution in [3.8, 4) is 11.5 Å². The first-order chi connectivity index (χ1) is 17.0. The van der Waals surface area contributed by atoms with E-state index >= 15 is 0 Å². The molecule has 3 amide bonds. The van der Waals surface area contributed by atoms with Crippen molar-refractivity contribution < 1.29 is 19.1 Å². The lowest BCUT2D eigenvalue weighted by atomic mass is 10.1. The van der Waals surface area contributed by atoms with Crippen LogP contribution in [0.3, 0.4) is 0 Å². The van der Waals surface area contributed by atoms with Crippen LogP contribution >= 0.6 is 11.6 Å². The summed E-state index contributed by atoms with van der Waals surface area (Å²) >= 11 is 6.12. The van der Waals surface area contributed by atoms with Crippen LogP contribution in [-0.4, -0.2) is 44.1 Å². The second kappa shape index (κ2) is 11.1. The number of carbonyl (C=O) groups is 2. The first-order valence-corrected chi connectivity index (χ1v) is 11.8. The Morgan fingerprint density at radius 3 is 2.40 bits per heavy atom. The molecule has 0 bridgehead atoms. The van der Waals surface area contributed by atoms with Crippen LogP contribution in [0.4, 0.5) is 16.2 Å². The van der Waals surface area contributed by atoms with Gasteiger partial charge in [-0.15, -0.1) is 0 Å². The van der Waals surface area contributed by atoms with Crippen LogP contribution in [0.1, 0.15) is 17.5 Å². The molecule has 1 heterocycles. The number of halogens is 1. The van der Waals surface area contributed by atoms with Crippen molar-refractivity contribution in [3.63, 3.8) is 0 Å². The topological polar surface area (TPSA) is 71.1 Å². The standard InChI is InChI=1S/C27H28ClN3O4/c1-34-22-9-7-19(8-10-22)16-26(32)29-24-17-23(35-2)11-12-25(24)31-14-4-13-30(27(31)33)18-20-5-3-6-21(28)15-20/h3,5-12,15,17H,4,13-14,16,18H2,1-2H3,(H,29,32). The van der Waals surface area contributed by atoms with Crippen molar-refractivity contribution in [2.75, 3.05) is 37.5 Å². The number of hydrogen-bond acceptors (Lipinski definition) is 4. The largest absolute Gasteiger partial charge is 0.497 e. The fraction of sp³-hybridized carbons (Fsp3) is 0.259. The second-order valence-corrected chi connectivity index (χ2v) is 8.73. The average Bonchev–Trinajstić information content (AvgIpc) is 2.86. The lowest BCUT2D eigenvalue weighted by Crippen LogP contribution is -2.49. The van der Waals surface area contributed by atoms with Crippen molar-refractivity contribution in [2.45, 2.75) is 19.4 Å². The van der Waals surface area contributed by atoms with Crippen LogP contribution in [-0.2, 0) is 17.8 Å². The van der Waals surface area contributed by atoms with Crippen LogP contribution in [0, 0.1) is 0 Å². The van der Waals surface area contributed by atoms with E-state index in [9.17, 15) is 9.59 Å². The minimum atomic E-state index is -0.190. The molecule has 0 saturated carbocycles. The Morgan fingerprint density at radius 1 is 0.943 bits per heavy atom. The first-order valence-electron chi connectivity index (χ1n) is 11.4. The summed E-state index contributed by atoms with van der Waals surface area (Å²) in [6, 6.07) is 20.1. The predicted octanol–water partition coefficient (Wildman–Crippen LogP) is 5.37. The molecule has 35 heavy (non-hydrogen) atoms. The van der Waals surface area contributed by atoms with Gasteiger partial charge in [-0.25, -0.2) is 4.79 Å². The molecule has 3 aromatic carbocycles. The fourth-order valence-corrected chi connectivity index (χ4v) is 4.32. The van der Waals surface area contributed by atoms with Crippen molar-refractivity contribution in [1.29, 1.82) is 0 Å². The number of nitrogens with one attached hydrogen (secondary N) is 1. The number of urea groups is 1. The molecule has 0 radical (unpaired) electrons. The minimum Gasteiger partial charge on any atom is -0.497 e. The number of ether oxygens (including phenoxy) is 2. The van der Waals surface area contributed by atoms with E-state index in [1.54, 1.807) is 36.2 Å². The highest BCUT2D eigenvalue weighted by atomic mass is 35.5. The molecule has 182 valence electrons. The van der Waals surface area contributed by atoms with Gasteiger partial charge in [0, 0.05) is 30.7 Å². The van der Waals surface area contributed by atoms with E-state index in [1.807, 2.05) is 54.6 Å². The zero-order valence-electron chi connectivity index (χ0n) is 19.8. The number of benzene rings is 3. The maximum absolute atomic E-state index is 13.4. The van der Waals surface area contributed by atoms with Crippen LogP contribution < -0.4 is 19.7 Å². The van der Waals surface area contributed by atoms with Gasteiger partial charge in [0.15, 0.2) is 0 Å². The highest BCUT2D eigenvalue weighted by Crippen LogP contribution is 2.33. The average molecular weight is 494 g/mol. The smallest absolute Gasteiger partial charge is 0.324 e. The number of amides is 3. The molecule has 1 aliphatic rings. The summed E-state index contributed by atoms with van der Waals surface area (Å²) in [7, 11) is 3.17. The lowest BCUT2D eigenvalue weighted by molar-refractivity contribution is -0.115. The number of hydrogen-bond donors (Lipinski definition) is 1. The van der Waals surface area contributed by atoms with Crippen molar-refractivity contribution in [3.05, 3.63) is 82.9 Å². The molecule has 0 atom stereocenters. The number of methoxy groups -OCH3 is 2. The third kappa shape index (κ3) is 6.05. The van der Waals surface area contributed by atoms with Gasteiger partial charge in [-0.2, -0.15) is 0 Å². The third-order valence-electron chi connectivity index (χ3n) is 5.87. The molecule has 1 fully saturated rings. The zero-order chi connectivity index (χ0) is 24.8. The molecular weight excluding hydrogens is 466 g/mol. The summed E-state index contributed by atoms with van der Waals surface area (Å²) in [5.74, 6) is 1.13. The van der Waals surface area contributed by atoms with Gasteiger partial charge >= 0.3 is 6.03 Å². The summed E-state index contributed by atoms with van der Waals surface area (Å²) in [6.45, 7) is 1.67. The Morgan fingerprint density at radius 2 is 1.69 bits per heavy atom. The van der Waals surface area contributed by atoms with Gasteiger partial charge in [0.1, 0.15) is 11.5 Å². The van der Waals surface area contributed by atoms with Crippen molar-refractivity contribution in [2.24, 2.45) is 0 Å². The van der Waals surface area contributed by atoms with Gasteiger partial charge in [-0.1, -0.05) is 35.9 Å².